The van der Waals surface area contributed by atoms with Gasteiger partial charge in [-0.15, -0.1) is 0 Å². The van der Waals surface area contributed by atoms with Crippen molar-refractivity contribution in [3.05, 3.63) is 46.5 Å². The summed E-state index contributed by atoms with van der Waals surface area (Å²) in [5.41, 5.74) is 0.193. The summed E-state index contributed by atoms with van der Waals surface area (Å²) >= 11 is 12.3. The molecule has 1 aromatic carbocycles. The molecule has 0 aromatic heterocycles. The number of amides is 3. The zero-order valence-corrected chi connectivity index (χ0v) is 21.9. The molecule has 1 heterocycles. The number of nitrogens with one attached hydrogen (secondary N) is 3. The second kappa shape index (κ2) is 13.6. The molecule has 35 heavy (non-hydrogen) atoms. The topological polar surface area (TPSA) is 109 Å². The third-order valence-electron chi connectivity index (χ3n) is 5.02. The lowest BCUT2D eigenvalue weighted by atomic mass is 10.1. The molecule has 0 saturated carbocycles. The van der Waals surface area contributed by atoms with Crippen molar-refractivity contribution in [1.82, 2.24) is 20.9 Å². The number of ether oxygens (including phenoxy) is 2. The van der Waals surface area contributed by atoms with Crippen LogP contribution < -0.4 is 16.0 Å². The zero-order chi connectivity index (χ0) is 26.0. The fraction of sp³-hybridized carbons (Fsp3) is 0.542. The molecular weight excluding hydrogens is 495 g/mol. The van der Waals surface area contributed by atoms with Crippen molar-refractivity contribution in [2.24, 2.45) is 0 Å². The van der Waals surface area contributed by atoms with Crippen LogP contribution in [0.1, 0.15) is 39.2 Å². The van der Waals surface area contributed by atoms with Crippen LogP contribution in [0.3, 0.4) is 0 Å². The van der Waals surface area contributed by atoms with Crippen LogP contribution in [0.4, 0.5) is 9.59 Å². The molecule has 3 N–H and O–H groups in total. The molecule has 11 heteroatoms. The first-order valence-corrected chi connectivity index (χ1v) is 12.2. The van der Waals surface area contributed by atoms with Gasteiger partial charge in [0.1, 0.15) is 12.2 Å². The maximum Gasteiger partial charge on any atom is 0.407 e. The Hall–Kier alpha value is -2.49. The molecule has 194 valence electrons. The van der Waals surface area contributed by atoms with Gasteiger partial charge in [-0.1, -0.05) is 35.9 Å². The molecule has 1 aromatic rings. The average Bonchev–Trinajstić information content (AvgIpc) is 2.88. The van der Waals surface area contributed by atoms with Crippen LogP contribution in [0, 0.1) is 0 Å². The van der Waals surface area contributed by atoms with Gasteiger partial charge < -0.3 is 30.3 Å². The quantitative estimate of drug-likeness (QED) is 0.419. The molecule has 1 saturated heterocycles. The van der Waals surface area contributed by atoms with Gasteiger partial charge >= 0.3 is 12.2 Å². The van der Waals surface area contributed by atoms with E-state index in [4.69, 9.17) is 32.7 Å². The molecule has 0 bridgehead atoms. The number of carbonyl (C=O) groups excluding carboxylic acids is 3. The molecule has 0 aliphatic carbocycles. The largest absolute Gasteiger partial charge is 0.445 e. The normalized spacial score (nSPS) is 18.4. The number of hydrogen-bond donors (Lipinski definition) is 3. The van der Waals surface area contributed by atoms with E-state index in [-0.39, 0.29) is 31.6 Å². The summed E-state index contributed by atoms with van der Waals surface area (Å²) in [5, 5.41) is 9.69. The van der Waals surface area contributed by atoms with Crippen LogP contribution in [0.2, 0.25) is 10.0 Å². The predicted octanol–water partition coefficient (Wildman–Crippen LogP) is 3.88. The molecule has 1 aliphatic heterocycles. The Morgan fingerprint density at radius 1 is 1.20 bits per heavy atom. The monoisotopic (exact) mass is 528 g/mol. The van der Waals surface area contributed by atoms with Crippen molar-refractivity contribution in [1.29, 1.82) is 0 Å². The lowest BCUT2D eigenvalue weighted by Crippen LogP contribution is -2.50. The van der Waals surface area contributed by atoms with Crippen LogP contribution in [-0.4, -0.2) is 66.9 Å². The van der Waals surface area contributed by atoms with Gasteiger partial charge in [0, 0.05) is 42.3 Å². The maximum atomic E-state index is 13.4. The van der Waals surface area contributed by atoms with E-state index in [2.05, 4.69) is 22.5 Å². The van der Waals surface area contributed by atoms with E-state index < -0.39 is 23.8 Å². The Bertz CT molecular complexity index is 886. The molecule has 0 radical (unpaired) electrons. The number of benzene rings is 1. The van der Waals surface area contributed by atoms with E-state index in [9.17, 15) is 14.4 Å². The number of nitrogens with zero attached hydrogens (tertiary/aromatic N) is 1. The Labute approximate surface area is 216 Å². The van der Waals surface area contributed by atoms with E-state index in [1.54, 1.807) is 43.9 Å². The number of rotatable bonds is 9. The number of carbonyl (C=O) groups is 3. The lowest BCUT2D eigenvalue weighted by Gasteiger charge is -2.25. The summed E-state index contributed by atoms with van der Waals surface area (Å²) in [6.07, 6.45) is 1.30. The van der Waals surface area contributed by atoms with E-state index in [0.717, 1.165) is 5.56 Å². The molecule has 9 nitrogen and oxygen atoms in total. The van der Waals surface area contributed by atoms with Crippen LogP contribution in [0.25, 0.3) is 0 Å². The second-order valence-corrected chi connectivity index (χ2v) is 10.1. The van der Waals surface area contributed by atoms with Crippen LogP contribution in [0.5, 0.6) is 0 Å². The minimum atomic E-state index is -0.619. The SMILES string of the molecule is C=CCOC(=O)NC[C@@H]1CCN(Cc2cc(Cl)cc(Cl)c2)C(=O)[C@H](CCNC(=O)OC(C)(C)C)N1. The summed E-state index contributed by atoms with van der Waals surface area (Å²) in [7, 11) is 0. The molecule has 0 spiro atoms. The van der Waals surface area contributed by atoms with E-state index >= 15 is 0 Å². The minimum Gasteiger partial charge on any atom is -0.445 e. The second-order valence-electron chi connectivity index (χ2n) is 9.23. The van der Waals surface area contributed by atoms with Crippen molar-refractivity contribution in [3.8, 4) is 0 Å². The minimum absolute atomic E-state index is 0.108. The van der Waals surface area contributed by atoms with E-state index in [0.29, 0.717) is 36.0 Å². The Morgan fingerprint density at radius 2 is 1.89 bits per heavy atom. The Morgan fingerprint density at radius 3 is 2.51 bits per heavy atom. The third kappa shape index (κ3) is 10.8. The van der Waals surface area contributed by atoms with Gasteiger partial charge in [0.05, 0.1) is 6.04 Å². The van der Waals surface area contributed by atoms with Gasteiger partial charge in [-0.05, 0) is 57.4 Å². The molecule has 2 rings (SSSR count). The van der Waals surface area contributed by atoms with Gasteiger partial charge in [-0.3, -0.25) is 4.79 Å². The Balaban J connectivity index is 2.07. The van der Waals surface area contributed by atoms with Crippen molar-refractivity contribution in [2.45, 2.75) is 57.8 Å². The zero-order valence-electron chi connectivity index (χ0n) is 20.4. The lowest BCUT2D eigenvalue weighted by molar-refractivity contribution is -0.133. The summed E-state index contributed by atoms with van der Waals surface area (Å²) in [4.78, 5) is 38.9. The first kappa shape index (κ1) is 28.7. The highest BCUT2D eigenvalue weighted by Crippen LogP contribution is 2.21. The predicted molar refractivity (Wildman–Crippen MR) is 136 cm³/mol. The van der Waals surface area contributed by atoms with Crippen molar-refractivity contribution in [2.75, 3.05) is 26.2 Å². The van der Waals surface area contributed by atoms with Crippen molar-refractivity contribution in [3.63, 3.8) is 0 Å². The van der Waals surface area contributed by atoms with Gasteiger partial charge in [0.25, 0.3) is 0 Å². The van der Waals surface area contributed by atoms with Gasteiger partial charge in [0.2, 0.25) is 5.91 Å². The number of alkyl carbamates (subject to hydrolysis) is 2. The highest BCUT2D eigenvalue weighted by Gasteiger charge is 2.31. The van der Waals surface area contributed by atoms with Crippen LogP contribution in [-0.2, 0) is 20.8 Å². The van der Waals surface area contributed by atoms with Gasteiger partial charge in [0.15, 0.2) is 0 Å². The van der Waals surface area contributed by atoms with Crippen molar-refractivity contribution < 1.29 is 23.9 Å². The smallest absolute Gasteiger partial charge is 0.407 e. The molecular formula is C24H34Cl2N4O5. The molecule has 0 unspecified atom stereocenters. The molecule has 1 fully saturated rings. The highest BCUT2D eigenvalue weighted by atomic mass is 35.5. The van der Waals surface area contributed by atoms with Crippen LogP contribution >= 0.6 is 23.2 Å². The maximum absolute atomic E-state index is 13.4. The van der Waals surface area contributed by atoms with E-state index in [1.807, 2.05) is 0 Å². The molecule has 1 aliphatic rings. The molecule has 3 amide bonds. The first-order chi connectivity index (χ1) is 16.5. The summed E-state index contributed by atoms with van der Waals surface area (Å²) in [5.74, 6) is -0.121. The highest BCUT2D eigenvalue weighted by molar-refractivity contribution is 6.34. The fourth-order valence-corrected chi connectivity index (χ4v) is 4.12. The summed E-state index contributed by atoms with van der Waals surface area (Å²) in [6, 6.07) is 4.41. The Kier molecular flexibility index (Phi) is 11.1. The van der Waals surface area contributed by atoms with Crippen LogP contribution in [0.15, 0.2) is 30.9 Å². The van der Waals surface area contributed by atoms with Crippen molar-refractivity contribution >= 4 is 41.3 Å². The van der Waals surface area contributed by atoms with Gasteiger partial charge in [-0.2, -0.15) is 0 Å². The van der Waals surface area contributed by atoms with Gasteiger partial charge in [-0.25, -0.2) is 9.59 Å². The number of hydrogen-bond acceptors (Lipinski definition) is 6. The standard InChI is InChI=1S/C24H34Cl2N4O5/c1-5-10-34-22(32)28-14-19-7-9-30(15-16-11-17(25)13-18(26)12-16)21(31)20(29-19)6-8-27-23(33)35-24(2,3)4/h5,11-13,19-20,29H,1,6-10,14-15H2,2-4H3,(H,27,33)(H,28,32)/t19-,20-/m0/s1. The number of halogens is 2. The third-order valence-corrected chi connectivity index (χ3v) is 5.45. The van der Waals surface area contributed by atoms with E-state index in [1.165, 1.54) is 6.08 Å². The average molecular weight is 529 g/mol. The summed E-state index contributed by atoms with van der Waals surface area (Å²) < 4.78 is 10.2. The molecule has 2 atom stereocenters. The first-order valence-electron chi connectivity index (χ1n) is 11.4. The fourth-order valence-electron chi connectivity index (χ4n) is 3.55. The summed E-state index contributed by atoms with van der Waals surface area (Å²) in [6.45, 7) is 10.3.